The summed E-state index contributed by atoms with van der Waals surface area (Å²) in [7, 11) is 0. The Labute approximate surface area is 204 Å². The number of amides is 1. The second-order valence-electron chi connectivity index (χ2n) is 7.65. The number of thiophene rings is 1. The summed E-state index contributed by atoms with van der Waals surface area (Å²) in [5, 5.41) is 3.53. The molecule has 2 aromatic carbocycles. The van der Waals surface area contributed by atoms with E-state index in [9.17, 15) is 18.4 Å². The molecule has 0 unspecified atom stereocenters. The average Bonchev–Trinajstić information content (AvgIpc) is 3.23. The molecule has 0 radical (unpaired) electrons. The van der Waals surface area contributed by atoms with Gasteiger partial charge in [-0.1, -0.05) is 42.5 Å². The molecule has 4 aromatic rings. The highest BCUT2D eigenvalue weighted by Gasteiger charge is 2.15. The molecule has 0 aliphatic rings. The van der Waals surface area contributed by atoms with E-state index < -0.39 is 6.61 Å². The third kappa shape index (κ3) is 6.33. The monoisotopic (exact) mass is 496 g/mol. The number of carbonyl (C=O) groups is 1. The Morgan fingerprint density at radius 2 is 1.74 bits per heavy atom. The van der Waals surface area contributed by atoms with Gasteiger partial charge in [0.2, 0.25) is 0 Å². The molecular weight excluding hydrogens is 474 g/mol. The Bertz CT molecular complexity index is 1350. The number of ether oxygens (including phenoxy) is 2. The van der Waals surface area contributed by atoms with E-state index in [4.69, 9.17) is 4.74 Å². The predicted octanol–water partition coefficient (Wildman–Crippen LogP) is 5.32. The lowest BCUT2D eigenvalue weighted by molar-refractivity contribution is -0.0498. The van der Waals surface area contributed by atoms with Crippen LogP contribution in [-0.4, -0.2) is 17.1 Å². The molecule has 0 bridgehead atoms. The number of benzene rings is 2. The first kappa shape index (κ1) is 24.2. The highest BCUT2D eigenvalue weighted by atomic mass is 32.1. The van der Waals surface area contributed by atoms with Gasteiger partial charge in [-0.2, -0.15) is 8.78 Å². The fourth-order valence-corrected chi connectivity index (χ4v) is 4.41. The van der Waals surface area contributed by atoms with Gasteiger partial charge in [0.15, 0.2) is 0 Å². The number of halogens is 2. The number of hydrogen-bond acceptors (Lipinski definition) is 5. The van der Waals surface area contributed by atoms with Crippen LogP contribution in [0.15, 0.2) is 83.8 Å². The van der Waals surface area contributed by atoms with Crippen molar-refractivity contribution in [2.45, 2.75) is 26.7 Å². The van der Waals surface area contributed by atoms with Crippen LogP contribution in [0.25, 0.3) is 5.00 Å². The Morgan fingerprint density at radius 3 is 2.43 bits per heavy atom. The third-order valence-electron chi connectivity index (χ3n) is 5.09. The maximum absolute atomic E-state index is 12.7. The minimum atomic E-state index is -2.88. The zero-order valence-electron chi connectivity index (χ0n) is 18.7. The van der Waals surface area contributed by atoms with E-state index >= 15 is 0 Å². The van der Waals surface area contributed by atoms with Gasteiger partial charge in [0.1, 0.15) is 23.1 Å². The van der Waals surface area contributed by atoms with E-state index in [2.05, 4.69) is 10.1 Å². The molecule has 180 valence electrons. The summed E-state index contributed by atoms with van der Waals surface area (Å²) >= 11 is 1.24. The standard InChI is InChI=1S/C26H22F2N2O4S/c1-17-13-23(35-24(17)25(32)29-15-18-5-3-2-4-6-18)30-12-11-21(14-22(30)31)33-16-19-7-9-20(10-8-19)34-26(27)28/h2-14,26H,15-16H2,1H3,(H,29,32). The molecule has 0 aliphatic heterocycles. The van der Waals surface area contributed by atoms with Gasteiger partial charge in [-0.25, -0.2) is 0 Å². The van der Waals surface area contributed by atoms with Crippen molar-refractivity contribution in [3.63, 3.8) is 0 Å². The van der Waals surface area contributed by atoms with Gasteiger partial charge >= 0.3 is 6.61 Å². The molecule has 4 rings (SSSR count). The first-order valence-corrected chi connectivity index (χ1v) is 11.5. The van der Waals surface area contributed by atoms with Crippen molar-refractivity contribution >= 4 is 17.2 Å². The highest BCUT2D eigenvalue weighted by Crippen LogP contribution is 2.25. The van der Waals surface area contributed by atoms with E-state index in [0.717, 1.165) is 16.7 Å². The second-order valence-corrected chi connectivity index (χ2v) is 8.68. The number of nitrogens with one attached hydrogen (secondary N) is 1. The van der Waals surface area contributed by atoms with Crippen molar-refractivity contribution in [3.8, 4) is 16.5 Å². The van der Waals surface area contributed by atoms with Crippen LogP contribution in [0, 0.1) is 6.92 Å². The average molecular weight is 497 g/mol. The van der Waals surface area contributed by atoms with Crippen molar-refractivity contribution in [2.24, 2.45) is 0 Å². The summed E-state index contributed by atoms with van der Waals surface area (Å²) in [4.78, 5) is 25.9. The fraction of sp³-hybridized carbons (Fsp3) is 0.154. The van der Waals surface area contributed by atoms with Crippen LogP contribution in [0.1, 0.15) is 26.4 Å². The highest BCUT2D eigenvalue weighted by molar-refractivity contribution is 7.16. The Morgan fingerprint density at radius 1 is 1.00 bits per heavy atom. The normalized spacial score (nSPS) is 10.9. The van der Waals surface area contributed by atoms with Gasteiger partial charge in [0.05, 0.1) is 4.88 Å². The molecule has 6 nitrogen and oxygen atoms in total. The van der Waals surface area contributed by atoms with Gasteiger partial charge in [-0.05, 0) is 47.9 Å². The molecule has 9 heteroatoms. The summed E-state index contributed by atoms with van der Waals surface area (Å²) in [6.07, 6.45) is 1.59. The molecule has 0 saturated heterocycles. The number of hydrogen-bond donors (Lipinski definition) is 1. The van der Waals surface area contributed by atoms with Crippen LogP contribution in [0.5, 0.6) is 11.5 Å². The third-order valence-corrected chi connectivity index (χ3v) is 6.32. The van der Waals surface area contributed by atoms with E-state index in [0.29, 0.717) is 22.2 Å². The van der Waals surface area contributed by atoms with E-state index in [-0.39, 0.29) is 23.8 Å². The first-order chi connectivity index (χ1) is 16.9. The van der Waals surface area contributed by atoms with Gasteiger partial charge in [0, 0.05) is 18.8 Å². The van der Waals surface area contributed by atoms with Crippen molar-refractivity contribution in [3.05, 3.63) is 111 Å². The van der Waals surface area contributed by atoms with Crippen LogP contribution >= 0.6 is 11.3 Å². The van der Waals surface area contributed by atoms with Crippen LogP contribution in [0.2, 0.25) is 0 Å². The Kier molecular flexibility index (Phi) is 7.57. The maximum atomic E-state index is 12.7. The SMILES string of the molecule is Cc1cc(-n2ccc(OCc3ccc(OC(F)F)cc3)cc2=O)sc1C(=O)NCc1ccccc1. The van der Waals surface area contributed by atoms with Crippen LogP contribution in [-0.2, 0) is 13.2 Å². The number of nitrogens with zero attached hydrogens (tertiary/aromatic N) is 1. The van der Waals surface area contributed by atoms with Crippen LogP contribution in [0.3, 0.4) is 0 Å². The molecular formula is C26H22F2N2O4S. The summed E-state index contributed by atoms with van der Waals surface area (Å²) in [6.45, 7) is -0.476. The van der Waals surface area contributed by atoms with Crippen LogP contribution < -0.4 is 20.3 Å². The van der Waals surface area contributed by atoms with Gasteiger partial charge < -0.3 is 14.8 Å². The number of aromatic nitrogens is 1. The largest absolute Gasteiger partial charge is 0.489 e. The summed E-state index contributed by atoms with van der Waals surface area (Å²) in [6, 6.07) is 20.5. The van der Waals surface area contributed by atoms with E-state index in [1.54, 1.807) is 30.5 Å². The topological polar surface area (TPSA) is 69.6 Å². The molecule has 0 spiro atoms. The number of alkyl halides is 2. The van der Waals surface area contributed by atoms with Crippen molar-refractivity contribution in [2.75, 3.05) is 0 Å². The number of aryl methyl sites for hydroxylation is 1. The lowest BCUT2D eigenvalue weighted by atomic mass is 10.2. The predicted molar refractivity (Wildman–Crippen MR) is 130 cm³/mol. The Balaban J connectivity index is 1.40. The van der Waals surface area contributed by atoms with Crippen molar-refractivity contribution in [1.82, 2.24) is 9.88 Å². The van der Waals surface area contributed by atoms with Crippen LogP contribution in [0.4, 0.5) is 8.78 Å². The van der Waals surface area contributed by atoms with E-state index in [1.807, 2.05) is 37.3 Å². The molecule has 2 heterocycles. The first-order valence-electron chi connectivity index (χ1n) is 10.7. The van der Waals surface area contributed by atoms with Gasteiger partial charge in [0.25, 0.3) is 11.5 Å². The molecule has 0 aliphatic carbocycles. The maximum Gasteiger partial charge on any atom is 0.387 e. The quantitative estimate of drug-likeness (QED) is 0.341. The summed E-state index contributed by atoms with van der Waals surface area (Å²) in [5.74, 6) is 0.236. The number of carbonyl (C=O) groups excluding carboxylic acids is 1. The van der Waals surface area contributed by atoms with Crippen molar-refractivity contribution in [1.29, 1.82) is 0 Å². The Hall–Kier alpha value is -3.98. The zero-order chi connectivity index (χ0) is 24.8. The van der Waals surface area contributed by atoms with E-state index in [1.165, 1.54) is 34.1 Å². The second kappa shape index (κ2) is 11.0. The number of pyridine rings is 1. The molecule has 35 heavy (non-hydrogen) atoms. The van der Waals surface area contributed by atoms with Gasteiger partial charge in [-0.3, -0.25) is 14.2 Å². The smallest absolute Gasteiger partial charge is 0.387 e. The summed E-state index contributed by atoms with van der Waals surface area (Å²) in [5.41, 5.74) is 2.21. The van der Waals surface area contributed by atoms with Crippen molar-refractivity contribution < 1.29 is 23.0 Å². The molecule has 0 atom stereocenters. The lowest BCUT2D eigenvalue weighted by Crippen LogP contribution is -2.22. The fourth-order valence-electron chi connectivity index (χ4n) is 3.33. The zero-order valence-corrected chi connectivity index (χ0v) is 19.6. The molecule has 0 saturated carbocycles. The molecule has 0 fully saturated rings. The molecule has 1 amide bonds. The minimum Gasteiger partial charge on any atom is -0.489 e. The number of rotatable bonds is 9. The minimum absolute atomic E-state index is 0.0608. The summed E-state index contributed by atoms with van der Waals surface area (Å²) < 4.78 is 35.9. The lowest BCUT2D eigenvalue weighted by Gasteiger charge is -2.09. The molecule has 2 aromatic heterocycles. The molecule has 1 N–H and O–H groups in total. The van der Waals surface area contributed by atoms with Gasteiger partial charge in [-0.15, -0.1) is 11.3 Å².